The smallest absolute Gasteiger partial charge is 0.171 e. The summed E-state index contributed by atoms with van der Waals surface area (Å²) in [6.45, 7) is 2.22. The van der Waals surface area contributed by atoms with Crippen LogP contribution in [0.1, 0.15) is 50.2 Å². The first kappa shape index (κ1) is 13.1. The highest BCUT2D eigenvalue weighted by atomic mass is 17.2. The number of aryl methyl sites for hydroxylation is 1. The number of ketones is 1. The van der Waals surface area contributed by atoms with Crippen LogP contribution in [0.4, 0.5) is 0 Å². The molecule has 0 spiro atoms. The fourth-order valence-corrected chi connectivity index (χ4v) is 2.16. The van der Waals surface area contributed by atoms with Gasteiger partial charge in [-0.3, -0.25) is 0 Å². The maximum atomic E-state index is 10.8. The number of Topliss-reactive ketones (excluding diaryl/α,β-unsaturated/α-hetero) is 1. The molecule has 1 aliphatic rings. The molecule has 3 nitrogen and oxygen atoms in total. The minimum atomic E-state index is 0.297. The fraction of sp³-hybridized carbons (Fsp3) is 0.533. The second kappa shape index (κ2) is 6.55. The molecule has 3 heteroatoms. The van der Waals surface area contributed by atoms with Gasteiger partial charge in [0.2, 0.25) is 0 Å². The topological polar surface area (TPSA) is 35.5 Å². The van der Waals surface area contributed by atoms with E-state index in [-0.39, 0.29) is 0 Å². The van der Waals surface area contributed by atoms with Crippen molar-refractivity contribution in [2.75, 3.05) is 0 Å². The Hall–Kier alpha value is -1.35. The zero-order valence-electron chi connectivity index (χ0n) is 10.9. The number of rotatable bonds is 7. The van der Waals surface area contributed by atoms with Gasteiger partial charge in [-0.25, -0.2) is 0 Å². The van der Waals surface area contributed by atoms with Gasteiger partial charge in [-0.15, -0.1) is 0 Å². The van der Waals surface area contributed by atoms with Crippen LogP contribution in [-0.4, -0.2) is 5.78 Å². The predicted octanol–water partition coefficient (Wildman–Crippen LogP) is 3.59. The minimum Gasteiger partial charge on any atom is -0.337 e. The van der Waals surface area contributed by atoms with Crippen molar-refractivity contribution >= 4 is 5.78 Å². The Morgan fingerprint density at radius 1 is 1.22 bits per heavy atom. The van der Waals surface area contributed by atoms with E-state index >= 15 is 0 Å². The Kier molecular flexibility index (Phi) is 4.76. The molecular weight excluding hydrogens is 228 g/mol. The van der Waals surface area contributed by atoms with Crippen molar-refractivity contribution < 1.29 is 14.6 Å². The van der Waals surface area contributed by atoms with E-state index in [1.807, 2.05) is 0 Å². The lowest BCUT2D eigenvalue weighted by molar-refractivity contribution is -0.194. The molecule has 0 atom stereocenters. The van der Waals surface area contributed by atoms with E-state index in [1.54, 1.807) is 6.92 Å². The molecule has 1 aliphatic heterocycles. The maximum Gasteiger partial charge on any atom is 0.171 e. The van der Waals surface area contributed by atoms with E-state index in [9.17, 15) is 4.79 Å². The van der Waals surface area contributed by atoms with E-state index in [4.69, 9.17) is 9.78 Å². The van der Waals surface area contributed by atoms with Crippen LogP contribution in [0.3, 0.4) is 0 Å². The quantitative estimate of drug-likeness (QED) is 0.546. The summed E-state index contributed by atoms with van der Waals surface area (Å²) in [5.74, 6) is 1.16. The van der Waals surface area contributed by atoms with Crippen molar-refractivity contribution in [2.24, 2.45) is 0 Å². The van der Waals surface area contributed by atoms with Crippen LogP contribution in [0, 0.1) is 0 Å². The number of hydrogen-bond acceptors (Lipinski definition) is 3. The van der Waals surface area contributed by atoms with Gasteiger partial charge in [0.1, 0.15) is 12.4 Å². The van der Waals surface area contributed by atoms with Crippen molar-refractivity contribution in [3.63, 3.8) is 0 Å². The minimum absolute atomic E-state index is 0.297. The van der Waals surface area contributed by atoms with Crippen molar-refractivity contribution in [1.82, 2.24) is 0 Å². The maximum absolute atomic E-state index is 10.8. The van der Waals surface area contributed by atoms with Gasteiger partial charge in [0.25, 0.3) is 0 Å². The summed E-state index contributed by atoms with van der Waals surface area (Å²) in [7, 11) is 0. The Labute approximate surface area is 108 Å². The SMILES string of the molecule is CC(=O)CCCCCCc1ccc2c(c1)OOC2. The van der Waals surface area contributed by atoms with Crippen LogP contribution in [-0.2, 0) is 22.7 Å². The second-order valence-electron chi connectivity index (χ2n) is 4.90. The summed E-state index contributed by atoms with van der Waals surface area (Å²) < 4.78 is 0. The van der Waals surface area contributed by atoms with Crippen molar-refractivity contribution in [3.05, 3.63) is 29.3 Å². The molecule has 98 valence electrons. The van der Waals surface area contributed by atoms with Crippen LogP contribution in [0.5, 0.6) is 5.75 Å². The molecular formula is C15H20O3. The molecule has 0 saturated heterocycles. The van der Waals surface area contributed by atoms with Crippen LogP contribution in [0.2, 0.25) is 0 Å². The van der Waals surface area contributed by atoms with E-state index in [2.05, 4.69) is 18.2 Å². The lowest BCUT2D eigenvalue weighted by Crippen LogP contribution is -1.91. The molecule has 0 N–H and O–H groups in total. The normalized spacial score (nSPS) is 13.2. The first-order valence-electron chi connectivity index (χ1n) is 6.66. The summed E-state index contributed by atoms with van der Waals surface area (Å²) in [6, 6.07) is 6.29. The number of carbonyl (C=O) groups is 1. The van der Waals surface area contributed by atoms with Crippen molar-refractivity contribution in [1.29, 1.82) is 0 Å². The van der Waals surface area contributed by atoms with Crippen molar-refractivity contribution in [3.8, 4) is 5.75 Å². The summed E-state index contributed by atoms with van der Waals surface area (Å²) in [5.41, 5.74) is 2.42. The van der Waals surface area contributed by atoms with E-state index in [1.165, 1.54) is 12.0 Å². The number of unbranched alkanes of at least 4 members (excludes halogenated alkanes) is 3. The first-order valence-corrected chi connectivity index (χ1v) is 6.66. The van der Waals surface area contributed by atoms with Gasteiger partial charge in [-0.2, -0.15) is 4.89 Å². The first-order chi connectivity index (χ1) is 8.75. The molecule has 1 aromatic rings. The molecule has 2 rings (SSSR count). The zero-order chi connectivity index (χ0) is 12.8. The Morgan fingerprint density at radius 2 is 2.06 bits per heavy atom. The highest BCUT2D eigenvalue weighted by Crippen LogP contribution is 2.27. The number of hydrogen-bond donors (Lipinski definition) is 0. The fourth-order valence-electron chi connectivity index (χ4n) is 2.16. The van der Waals surface area contributed by atoms with Gasteiger partial charge in [0.05, 0.1) is 0 Å². The van der Waals surface area contributed by atoms with Gasteiger partial charge in [0.15, 0.2) is 5.75 Å². The highest BCUT2D eigenvalue weighted by molar-refractivity contribution is 5.75. The largest absolute Gasteiger partial charge is 0.337 e. The van der Waals surface area contributed by atoms with Gasteiger partial charge in [-0.1, -0.05) is 25.0 Å². The van der Waals surface area contributed by atoms with Gasteiger partial charge in [-0.05, 0) is 37.8 Å². The summed E-state index contributed by atoms with van der Waals surface area (Å²) in [6.07, 6.45) is 6.31. The Balaban J connectivity index is 1.66. The molecule has 0 bridgehead atoms. The summed E-state index contributed by atoms with van der Waals surface area (Å²) in [5, 5.41) is 0. The van der Waals surface area contributed by atoms with E-state index in [0.29, 0.717) is 12.4 Å². The standard InChI is InChI=1S/C15H20O3/c1-12(16)6-4-2-3-5-7-13-8-9-14-11-17-18-15(14)10-13/h8-10H,2-7,11H2,1H3. The van der Waals surface area contributed by atoms with Crippen LogP contribution < -0.4 is 4.89 Å². The van der Waals surface area contributed by atoms with E-state index in [0.717, 1.165) is 43.4 Å². The molecule has 0 aromatic heterocycles. The summed E-state index contributed by atoms with van der Waals surface area (Å²) in [4.78, 5) is 20.8. The molecule has 0 amide bonds. The molecule has 1 heterocycles. The lowest BCUT2D eigenvalue weighted by atomic mass is 10.0. The third-order valence-corrected chi connectivity index (χ3v) is 3.24. The number of carbonyl (C=O) groups excluding carboxylic acids is 1. The second-order valence-corrected chi connectivity index (χ2v) is 4.90. The molecule has 18 heavy (non-hydrogen) atoms. The van der Waals surface area contributed by atoms with Crippen LogP contribution in [0.15, 0.2) is 18.2 Å². The highest BCUT2D eigenvalue weighted by Gasteiger charge is 2.13. The van der Waals surface area contributed by atoms with E-state index < -0.39 is 0 Å². The number of benzene rings is 1. The Morgan fingerprint density at radius 3 is 2.89 bits per heavy atom. The molecule has 0 saturated carbocycles. The van der Waals surface area contributed by atoms with Crippen LogP contribution >= 0.6 is 0 Å². The van der Waals surface area contributed by atoms with Gasteiger partial charge < -0.3 is 9.68 Å². The third kappa shape index (κ3) is 3.84. The Bertz CT molecular complexity index is 412. The van der Waals surface area contributed by atoms with Gasteiger partial charge >= 0.3 is 0 Å². The average molecular weight is 248 g/mol. The number of fused-ring (bicyclic) bond motifs is 1. The van der Waals surface area contributed by atoms with Crippen molar-refractivity contribution in [2.45, 2.75) is 52.1 Å². The molecule has 0 radical (unpaired) electrons. The molecule has 0 unspecified atom stereocenters. The average Bonchev–Trinajstić information content (AvgIpc) is 2.80. The zero-order valence-corrected chi connectivity index (χ0v) is 10.9. The summed E-state index contributed by atoms with van der Waals surface area (Å²) >= 11 is 0. The third-order valence-electron chi connectivity index (χ3n) is 3.24. The van der Waals surface area contributed by atoms with Crippen LogP contribution in [0.25, 0.3) is 0 Å². The lowest BCUT2D eigenvalue weighted by Gasteiger charge is -2.03. The monoisotopic (exact) mass is 248 g/mol. The molecule has 1 aromatic carbocycles. The van der Waals surface area contributed by atoms with Gasteiger partial charge in [0, 0.05) is 12.0 Å². The molecule has 0 aliphatic carbocycles. The predicted molar refractivity (Wildman–Crippen MR) is 69.3 cm³/mol. The molecule has 0 fully saturated rings.